The maximum absolute atomic E-state index is 10.1. The highest BCUT2D eigenvalue weighted by molar-refractivity contribution is 5.33. The molecule has 0 bridgehead atoms. The molecule has 0 aliphatic carbocycles. The number of hydrogen-bond donors (Lipinski definition) is 1. The largest absolute Gasteiger partial charge is 1.00 e. The molecule has 1 aliphatic rings. The minimum absolute atomic E-state index is 0. The Balaban J connectivity index is 0.000000640. The van der Waals surface area contributed by atoms with Gasteiger partial charge >= 0.3 is 0 Å². The molecule has 1 rings (SSSR count). The molecule has 1 heterocycles. The maximum Gasteiger partial charge on any atom is 0.299 e. The Morgan fingerprint density at radius 2 is 1.67 bits per heavy atom. The van der Waals surface area contributed by atoms with Gasteiger partial charge < -0.3 is 12.4 Å². The Kier molecular flexibility index (Phi) is 4.72. The first kappa shape index (κ1) is 8.92. The molecule has 1 fully saturated rings. The van der Waals surface area contributed by atoms with E-state index in [9.17, 15) is 4.79 Å². The average Bonchev–Trinajstić information content (AvgIpc) is 1.90. The van der Waals surface area contributed by atoms with Crippen LogP contribution in [0, 0.1) is 0 Å². The Morgan fingerprint density at radius 1 is 1.11 bits per heavy atom. The predicted molar refractivity (Wildman–Crippen MR) is 30.6 cm³/mol. The number of carbonyl (C=O) groups excluding carboxylic acids is 1. The molecule has 1 amide bonds. The van der Waals surface area contributed by atoms with Crippen LogP contribution in [0.2, 0.25) is 0 Å². The third-order valence-electron chi connectivity index (χ3n) is 1.66. The highest BCUT2D eigenvalue weighted by Gasteiger charge is 2.10. The summed E-state index contributed by atoms with van der Waals surface area (Å²) in [6, 6.07) is 0. The third kappa shape index (κ3) is 2.82. The number of nitrogens with one attached hydrogen (secondary N) is 1. The molecule has 1 saturated heterocycles. The van der Waals surface area contributed by atoms with Gasteiger partial charge in [0.05, 0.1) is 13.1 Å². The van der Waals surface area contributed by atoms with Crippen LogP contribution in [-0.4, -0.2) is 19.5 Å². The third-order valence-corrected chi connectivity index (χ3v) is 1.66. The van der Waals surface area contributed by atoms with Crippen molar-refractivity contribution in [1.82, 2.24) is 0 Å². The van der Waals surface area contributed by atoms with E-state index >= 15 is 0 Å². The van der Waals surface area contributed by atoms with Gasteiger partial charge in [-0.15, -0.1) is 0 Å². The van der Waals surface area contributed by atoms with Crippen LogP contribution < -0.4 is 17.3 Å². The van der Waals surface area contributed by atoms with E-state index in [2.05, 4.69) is 0 Å². The summed E-state index contributed by atoms with van der Waals surface area (Å²) < 4.78 is 0. The lowest BCUT2D eigenvalue weighted by molar-refractivity contribution is -0.816. The van der Waals surface area contributed by atoms with E-state index in [1.165, 1.54) is 19.3 Å². The molecule has 0 spiro atoms. The van der Waals surface area contributed by atoms with E-state index in [-0.39, 0.29) is 12.4 Å². The molecule has 0 aromatic heterocycles. The van der Waals surface area contributed by atoms with Gasteiger partial charge in [-0.25, -0.2) is 4.79 Å². The first-order valence-corrected chi connectivity index (χ1v) is 3.23. The number of rotatable bonds is 1. The Labute approximate surface area is 61.6 Å². The molecule has 0 unspecified atom stereocenters. The molecular formula is C6H12ClNO. The van der Waals surface area contributed by atoms with E-state index in [1.54, 1.807) is 0 Å². The van der Waals surface area contributed by atoms with Crippen molar-refractivity contribution in [2.24, 2.45) is 0 Å². The van der Waals surface area contributed by atoms with Crippen LogP contribution in [0.3, 0.4) is 0 Å². The van der Waals surface area contributed by atoms with E-state index in [1.807, 2.05) is 0 Å². The number of halogens is 1. The number of amides is 1. The number of quaternary nitrogens is 1. The number of hydrogen-bond acceptors (Lipinski definition) is 1. The van der Waals surface area contributed by atoms with E-state index in [0.717, 1.165) is 24.4 Å². The first-order valence-electron chi connectivity index (χ1n) is 3.23. The summed E-state index contributed by atoms with van der Waals surface area (Å²) in [5.41, 5.74) is 0. The van der Waals surface area contributed by atoms with Crippen molar-refractivity contribution >= 4 is 6.41 Å². The maximum atomic E-state index is 10.1. The van der Waals surface area contributed by atoms with E-state index in [4.69, 9.17) is 0 Å². The highest BCUT2D eigenvalue weighted by atomic mass is 35.5. The Bertz CT molecular complexity index is 81.1. The average molecular weight is 150 g/mol. The second-order valence-corrected chi connectivity index (χ2v) is 2.34. The predicted octanol–water partition coefficient (Wildman–Crippen LogP) is -3.78. The quantitative estimate of drug-likeness (QED) is 0.380. The van der Waals surface area contributed by atoms with Crippen LogP contribution in [0.4, 0.5) is 0 Å². The summed E-state index contributed by atoms with van der Waals surface area (Å²) in [6.07, 6.45) is 4.80. The van der Waals surface area contributed by atoms with Crippen molar-refractivity contribution in [2.45, 2.75) is 19.3 Å². The number of likely N-dealkylation sites (tertiary alicyclic amines) is 1. The normalized spacial score (nSPS) is 20.4. The first-order chi connectivity index (χ1) is 3.93. The molecule has 3 heteroatoms. The SMILES string of the molecule is O=C[NH+]1CCCCC1.[Cl-]. The van der Waals surface area contributed by atoms with Gasteiger partial charge in [0.1, 0.15) is 0 Å². The Morgan fingerprint density at radius 3 is 2.00 bits per heavy atom. The molecule has 0 aromatic carbocycles. The van der Waals surface area contributed by atoms with Gasteiger partial charge in [-0.05, 0) is 19.3 Å². The van der Waals surface area contributed by atoms with Crippen LogP contribution >= 0.6 is 0 Å². The van der Waals surface area contributed by atoms with Crippen LogP contribution in [0.15, 0.2) is 0 Å². The van der Waals surface area contributed by atoms with Gasteiger partial charge in [-0.1, -0.05) is 0 Å². The summed E-state index contributed by atoms with van der Waals surface area (Å²) in [4.78, 5) is 11.2. The minimum Gasteiger partial charge on any atom is -1.00 e. The minimum atomic E-state index is 0. The monoisotopic (exact) mass is 149 g/mol. The van der Waals surface area contributed by atoms with Gasteiger partial charge in [0.25, 0.3) is 6.41 Å². The van der Waals surface area contributed by atoms with Gasteiger partial charge in [-0.3, -0.25) is 4.90 Å². The van der Waals surface area contributed by atoms with Gasteiger partial charge in [-0.2, -0.15) is 0 Å². The van der Waals surface area contributed by atoms with E-state index < -0.39 is 0 Å². The fraction of sp³-hybridized carbons (Fsp3) is 0.833. The molecule has 1 N–H and O–H groups in total. The molecule has 1 aliphatic heterocycles. The van der Waals surface area contributed by atoms with Crippen molar-refractivity contribution in [3.8, 4) is 0 Å². The Hall–Kier alpha value is -0.0800. The molecular weight excluding hydrogens is 138 g/mol. The summed E-state index contributed by atoms with van der Waals surface area (Å²) in [5.74, 6) is 0. The molecule has 0 aromatic rings. The molecule has 0 radical (unpaired) electrons. The van der Waals surface area contributed by atoms with E-state index in [0.29, 0.717) is 0 Å². The van der Waals surface area contributed by atoms with Gasteiger partial charge in [0.15, 0.2) is 0 Å². The van der Waals surface area contributed by atoms with Gasteiger partial charge in [0.2, 0.25) is 0 Å². The topological polar surface area (TPSA) is 21.5 Å². The standard InChI is InChI=1S/C6H11NO.ClH/c8-6-7-4-2-1-3-5-7;/h6H,1-5H2;1H. The number of piperidine rings is 1. The van der Waals surface area contributed by atoms with Crippen LogP contribution in [0.25, 0.3) is 0 Å². The fourth-order valence-electron chi connectivity index (χ4n) is 1.12. The summed E-state index contributed by atoms with van der Waals surface area (Å²) in [6.45, 7) is 2.12. The molecule has 9 heavy (non-hydrogen) atoms. The lowest BCUT2D eigenvalue weighted by atomic mass is 10.1. The van der Waals surface area contributed by atoms with Crippen LogP contribution in [0.5, 0.6) is 0 Å². The van der Waals surface area contributed by atoms with Gasteiger partial charge in [0, 0.05) is 0 Å². The smallest absolute Gasteiger partial charge is 0.299 e. The molecule has 0 saturated carbocycles. The van der Waals surface area contributed by atoms with Crippen molar-refractivity contribution in [2.75, 3.05) is 13.1 Å². The highest BCUT2D eigenvalue weighted by Crippen LogP contribution is 1.93. The zero-order valence-electron chi connectivity index (χ0n) is 5.40. The summed E-state index contributed by atoms with van der Waals surface area (Å²) in [5, 5.41) is 0. The van der Waals surface area contributed by atoms with Crippen molar-refractivity contribution in [3.05, 3.63) is 0 Å². The summed E-state index contributed by atoms with van der Waals surface area (Å²) in [7, 11) is 0. The second-order valence-electron chi connectivity index (χ2n) is 2.34. The van der Waals surface area contributed by atoms with Crippen molar-refractivity contribution < 1.29 is 22.1 Å². The zero-order valence-corrected chi connectivity index (χ0v) is 6.16. The number of carbonyl (C=O) groups is 1. The van der Waals surface area contributed by atoms with Crippen molar-refractivity contribution in [3.63, 3.8) is 0 Å². The van der Waals surface area contributed by atoms with Crippen LogP contribution in [-0.2, 0) is 4.79 Å². The van der Waals surface area contributed by atoms with Crippen molar-refractivity contribution in [1.29, 1.82) is 0 Å². The fourth-order valence-corrected chi connectivity index (χ4v) is 1.12. The lowest BCUT2D eigenvalue weighted by Crippen LogP contribution is -3.11. The lowest BCUT2D eigenvalue weighted by Gasteiger charge is -2.15. The second kappa shape index (κ2) is 4.77. The van der Waals surface area contributed by atoms with Crippen LogP contribution in [0.1, 0.15) is 19.3 Å². The molecule has 54 valence electrons. The molecule has 0 atom stereocenters. The zero-order chi connectivity index (χ0) is 5.82. The molecule has 2 nitrogen and oxygen atoms in total. The summed E-state index contributed by atoms with van der Waals surface area (Å²) >= 11 is 0.